The Hall–Kier alpha value is -5.97. The number of rotatable bonds is 6. The molecule has 6 aromatic rings. The van der Waals surface area contributed by atoms with Crippen LogP contribution in [0, 0.1) is 12.7 Å². The van der Waals surface area contributed by atoms with Gasteiger partial charge in [0.05, 0.1) is 22.8 Å². The van der Waals surface area contributed by atoms with Crippen LogP contribution in [0.25, 0.3) is 11.3 Å². The molecule has 0 unspecified atom stereocenters. The molecular weight excluding hydrogens is 700 g/mol. The van der Waals surface area contributed by atoms with Gasteiger partial charge in [0.25, 0.3) is 0 Å². The second-order valence-corrected chi connectivity index (χ2v) is 13.0. The van der Waals surface area contributed by atoms with Crippen LogP contribution < -0.4 is 25.6 Å². The average molecular weight is 733 g/mol. The van der Waals surface area contributed by atoms with E-state index in [9.17, 15) is 9.59 Å². The third-order valence-electron chi connectivity index (χ3n) is 8.58. The van der Waals surface area contributed by atoms with Crippen molar-refractivity contribution in [1.82, 2.24) is 9.97 Å². The Morgan fingerprint density at radius 2 is 1.35 bits per heavy atom. The summed E-state index contributed by atoms with van der Waals surface area (Å²) < 4.78 is 15.7. The number of nitrogens with one attached hydrogen (secondary N) is 2. The number of carbonyl (C=O) groups is 2. The van der Waals surface area contributed by atoms with Gasteiger partial charge in [0.1, 0.15) is 11.6 Å². The Bertz CT molecular complexity index is 2250. The van der Waals surface area contributed by atoms with E-state index < -0.39 is 17.9 Å². The number of halogens is 3. The largest absolute Gasteiger partial charge is 0.364 e. The molecule has 0 radical (unpaired) electrons. The quantitative estimate of drug-likeness (QED) is 0.166. The molecule has 0 saturated carbocycles. The summed E-state index contributed by atoms with van der Waals surface area (Å²) in [4.78, 5) is 39.3. The van der Waals surface area contributed by atoms with Crippen LogP contribution in [0.1, 0.15) is 17.0 Å². The van der Waals surface area contributed by atoms with E-state index in [-0.39, 0.29) is 5.69 Å². The van der Waals surface area contributed by atoms with Crippen LogP contribution in [0.3, 0.4) is 0 Å². The summed E-state index contributed by atoms with van der Waals surface area (Å²) in [7, 11) is 0. The average Bonchev–Trinajstić information content (AvgIpc) is 3.15. The van der Waals surface area contributed by atoms with Gasteiger partial charge in [-0.3, -0.25) is 0 Å². The number of hydrazine groups is 1. The predicted octanol–water partition coefficient (Wildman–Crippen LogP) is 10.2. The summed E-state index contributed by atoms with van der Waals surface area (Å²) in [6.45, 7) is 3.04. The summed E-state index contributed by atoms with van der Waals surface area (Å²) in [5.41, 5.74) is 5.57. The van der Waals surface area contributed by atoms with Crippen molar-refractivity contribution >= 4 is 63.7 Å². The smallest absolute Gasteiger partial charge is 0.345 e. The number of fused-ring (bicyclic) bond motifs is 1. The molecule has 0 bridgehead atoms. The van der Waals surface area contributed by atoms with Crippen molar-refractivity contribution in [3.63, 3.8) is 0 Å². The Balaban J connectivity index is 1.20. The van der Waals surface area contributed by atoms with Crippen LogP contribution in [-0.2, 0) is 13.0 Å². The highest BCUT2D eigenvalue weighted by Gasteiger charge is 2.31. The number of aromatic nitrogens is 2. The van der Waals surface area contributed by atoms with Gasteiger partial charge in [0, 0.05) is 46.3 Å². The maximum atomic E-state index is 15.7. The fourth-order valence-electron chi connectivity index (χ4n) is 6.08. The van der Waals surface area contributed by atoms with E-state index in [4.69, 9.17) is 23.2 Å². The van der Waals surface area contributed by atoms with Crippen molar-refractivity contribution in [3.05, 3.63) is 160 Å². The van der Waals surface area contributed by atoms with Crippen molar-refractivity contribution in [2.24, 2.45) is 0 Å². The predicted molar refractivity (Wildman–Crippen MR) is 206 cm³/mol. The molecule has 0 spiro atoms. The number of urea groups is 2. The van der Waals surface area contributed by atoms with Crippen LogP contribution in [0.5, 0.6) is 0 Å². The van der Waals surface area contributed by atoms with Gasteiger partial charge in [-0.2, -0.15) is 10.0 Å². The molecule has 5 aromatic carbocycles. The SMILES string of the molecule is Cc1nccc(-c2cccc(NC(=O)N(c3ccc(Cl)cc3)N(C(=O)Nc3ccc(N4CCc5ccccc5C4)c(F)c3)c3ccc(Cl)cc3)c2)n1. The van der Waals surface area contributed by atoms with Gasteiger partial charge in [0.15, 0.2) is 0 Å². The first kappa shape index (κ1) is 34.5. The second kappa shape index (κ2) is 15.1. The standard InChI is InChI=1S/C40H32Cl2FN7O2/c1-26-44-21-19-37(45-26)28-7-4-8-32(23-28)46-39(51)49(34-14-9-30(41)10-15-34)50(35-16-11-31(42)12-17-35)40(52)47-33-13-18-38(36(43)24-33)48-22-20-27-5-2-3-6-29(27)25-48/h2-19,21,23-24H,20,22,25H2,1H3,(H,46,51)(H,47,52). The molecule has 1 aliphatic heterocycles. The van der Waals surface area contributed by atoms with Crippen molar-refractivity contribution in [3.8, 4) is 11.3 Å². The van der Waals surface area contributed by atoms with Crippen molar-refractivity contribution < 1.29 is 14.0 Å². The maximum Gasteiger partial charge on any atom is 0.345 e. The van der Waals surface area contributed by atoms with Crippen molar-refractivity contribution in [1.29, 1.82) is 0 Å². The fourth-order valence-corrected chi connectivity index (χ4v) is 6.33. The van der Waals surface area contributed by atoms with Crippen molar-refractivity contribution in [2.75, 3.05) is 32.1 Å². The molecular formula is C40H32Cl2FN7O2. The fraction of sp³-hybridized carbons (Fsp3) is 0.100. The minimum atomic E-state index is -0.739. The number of benzene rings is 5. The van der Waals surface area contributed by atoms with Gasteiger partial charge in [-0.15, -0.1) is 0 Å². The summed E-state index contributed by atoms with van der Waals surface area (Å²) >= 11 is 12.5. The lowest BCUT2D eigenvalue weighted by molar-refractivity contribution is 0.248. The highest BCUT2D eigenvalue weighted by Crippen LogP contribution is 2.31. The zero-order chi connectivity index (χ0) is 36.2. The van der Waals surface area contributed by atoms with E-state index in [1.807, 2.05) is 23.1 Å². The number of nitrogens with zero attached hydrogens (tertiary/aromatic N) is 5. The number of hydrogen-bond donors (Lipinski definition) is 2. The first-order valence-electron chi connectivity index (χ1n) is 16.5. The summed E-state index contributed by atoms with van der Waals surface area (Å²) in [6.07, 6.45) is 2.47. The van der Waals surface area contributed by atoms with Gasteiger partial charge in [0.2, 0.25) is 0 Å². The van der Waals surface area contributed by atoms with Crippen LogP contribution >= 0.6 is 23.2 Å². The highest BCUT2D eigenvalue weighted by atomic mass is 35.5. The highest BCUT2D eigenvalue weighted by molar-refractivity contribution is 6.31. The molecule has 1 aromatic heterocycles. The Morgan fingerprint density at radius 3 is 1.96 bits per heavy atom. The molecule has 0 aliphatic carbocycles. The molecule has 2 heterocycles. The molecule has 7 rings (SSSR count). The second-order valence-electron chi connectivity index (χ2n) is 12.1. The Labute approximate surface area is 310 Å². The third kappa shape index (κ3) is 7.68. The monoisotopic (exact) mass is 731 g/mol. The van der Waals surface area contributed by atoms with Gasteiger partial charge >= 0.3 is 12.1 Å². The number of carbonyl (C=O) groups excluding carboxylic acids is 2. The number of hydrogen-bond acceptors (Lipinski definition) is 5. The summed E-state index contributed by atoms with van der Waals surface area (Å²) in [5.74, 6) is 0.124. The van der Waals surface area contributed by atoms with Crippen LogP contribution in [0.2, 0.25) is 10.0 Å². The van der Waals surface area contributed by atoms with E-state index in [2.05, 4.69) is 32.7 Å². The van der Waals surface area contributed by atoms with E-state index in [0.717, 1.165) is 22.6 Å². The first-order chi connectivity index (χ1) is 25.2. The molecule has 2 N–H and O–H groups in total. The van der Waals surface area contributed by atoms with E-state index >= 15 is 4.39 Å². The van der Waals surface area contributed by atoms with Crippen LogP contribution in [0.15, 0.2) is 128 Å². The summed E-state index contributed by atoms with van der Waals surface area (Å²) in [6, 6.07) is 33.1. The lowest BCUT2D eigenvalue weighted by Crippen LogP contribution is -2.53. The van der Waals surface area contributed by atoms with E-state index in [1.54, 1.807) is 98.0 Å². The molecule has 4 amide bonds. The number of aryl methyl sites for hydroxylation is 1. The zero-order valence-electron chi connectivity index (χ0n) is 27.9. The van der Waals surface area contributed by atoms with E-state index in [0.29, 0.717) is 57.4 Å². The molecule has 0 atom stereocenters. The lowest BCUT2D eigenvalue weighted by atomic mass is 9.99. The first-order valence-corrected chi connectivity index (χ1v) is 17.2. The number of amides is 4. The van der Waals surface area contributed by atoms with Gasteiger partial charge in [-0.25, -0.2) is 23.9 Å². The van der Waals surface area contributed by atoms with Crippen LogP contribution in [-0.4, -0.2) is 28.6 Å². The normalized spacial score (nSPS) is 12.1. The minimum Gasteiger partial charge on any atom is -0.364 e. The molecule has 0 fully saturated rings. The topological polar surface area (TPSA) is 93.7 Å². The third-order valence-corrected chi connectivity index (χ3v) is 9.09. The molecule has 9 nitrogen and oxygen atoms in total. The van der Waals surface area contributed by atoms with Gasteiger partial charge in [-0.05, 0) is 109 Å². The minimum absolute atomic E-state index is 0.201. The Kier molecular flexibility index (Phi) is 10.0. The molecule has 52 heavy (non-hydrogen) atoms. The van der Waals surface area contributed by atoms with Crippen LogP contribution in [0.4, 0.5) is 42.4 Å². The zero-order valence-corrected chi connectivity index (χ0v) is 29.4. The molecule has 1 aliphatic rings. The molecule has 0 saturated heterocycles. The van der Waals surface area contributed by atoms with Gasteiger partial charge in [-0.1, -0.05) is 59.6 Å². The Morgan fingerprint density at radius 1 is 0.731 bits per heavy atom. The maximum absolute atomic E-state index is 15.7. The molecule has 260 valence electrons. The number of anilines is 5. The van der Waals surface area contributed by atoms with Gasteiger partial charge < -0.3 is 15.5 Å². The summed E-state index contributed by atoms with van der Waals surface area (Å²) in [5, 5.41) is 8.90. The molecule has 12 heteroatoms. The van der Waals surface area contributed by atoms with Crippen molar-refractivity contribution in [2.45, 2.75) is 19.9 Å². The lowest BCUT2D eigenvalue weighted by Gasteiger charge is -2.35. The van der Waals surface area contributed by atoms with E-state index in [1.165, 1.54) is 16.6 Å².